The first-order valence-electron chi connectivity index (χ1n) is 12.6. The van der Waals surface area contributed by atoms with E-state index in [4.69, 9.17) is 25.8 Å². The highest BCUT2D eigenvalue weighted by atomic mass is 35.5. The maximum atomic E-state index is 6.37. The molecule has 0 saturated carbocycles. The quantitative estimate of drug-likeness (QED) is 0.328. The van der Waals surface area contributed by atoms with E-state index in [2.05, 4.69) is 39.2 Å². The van der Waals surface area contributed by atoms with E-state index in [0.29, 0.717) is 24.7 Å². The van der Waals surface area contributed by atoms with Crippen LogP contribution in [0.2, 0.25) is 5.02 Å². The first-order chi connectivity index (χ1) is 17.7. The van der Waals surface area contributed by atoms with Crippen molar-refractivity contribution in [3.05, 3.63) is 77.4 Å². The number of hydrogen-bond donors (Lipinski definition) is 1. The summed E-state index contributed by atoms with van der Waals surface area (Å²) in [5.41, 5.74) is 3.59. The topological polar surface area (TPSA) is 50.0 Å². The van der Waals surface area contributed by atoms with E-state index in [1.54, 1.807) is 0 Å². The number of rotatable bonds is 7. The largest absolute Gasteiger partial charge is 0.486 e. The highest BCUT2D eigenvalue weighted by Gasteiger charge is 2.22. The van der Waals surface area contributed by atoms with Crippen molar-refractivity contribution in [3.63, 3.8) is 0 Å². The summed E-state index contributed by atoms with van der Waals surface area (Å²) in [7, 11) is 0. The number of anilines is 1. The zero-order valence-electron chi connectivity index (χ0n) is 20.2. The zero-order chi connectivity index (χ0) is 24.3. The Morgan fingerprint density at radius 1 is 0.889 bits per heavy atom. The first kappa shape index (κ1) is 23.1. The summed E-state index contributed by atoms with van der Waals surface area (Å²) < 4.78 is 17.9. The van der Waals surface area contributed by atoms with Crippen LogP contribution in [-0.4, -0.2) is 55.8 Å². The smallest absolute Gasteiger partial charge is 0.204 e. The predicted octanol–water partition coefficient (Wildman–Crippen LogP) is 6.14. The van der Waals surface area contributed by atoms with Crippen LogP contribution in [0.25, 0.3) is 10.9 Å². The third-order valence-electron chi connectivity index (χ3n) is 6.98. The summed E-state index contributed by atoms with van der Waals surface area (Å²) in [6.07, 6.45) is 4.32. The van der Waals surface area contributed by atoms with Crippen LogP contribution in [0.4, 0.5) is 5.69 Å². The zero-order valence-corrected chi connectivity index (χ0v) is 21.0. The van der Waals surface area contributed by atoms with Crippen molar-refractivity contribution in [1.29, 1.82) is 0 Å². The van der Waals surface area contributed by atoms with Crippen LogP contribution in [0, 0.1) is 0 Å². The van der Waals surface area contributed by atoms with Crippen LogP contribution in [0.3, 0.4) is 0 Å². The lowest BCUT2D eigenvalue weighted by atomic mass is 10.1. The molecule has 186 valence electrons. The van der Waals surface area contributed by atoms with E-state index in [9.17, 15) is 0 Å². The molecule has 3 heterocycles. The van der Waals surface area contributed by atoms with Crippen molar-refractivity contribution < 1.29 is 14.2 Å². The van der Waals surface area contributed by atoms with Gasteiger partial charge in [-0.2, -0.15) is 0 Å². The highest BCUT2D eigenvalue weighted by molar-refractivity contribution is 6.31. The van der Waals surface area contributed by atoms with Crippen LogP contribution in [0.15, 0.2) is 66.9 Å². The second-order valence-electron chi connectivity index (χ2n) is 9.29. The number of para-hydroxylation sites is 3. The minimum absolute atomic E-state index is 0.533. The monoisotopic (exact) mass is 503 g/mol. The van der Waals surface area contributed by atoms with Gasteiger partial charge < -0.3 is 24.1 Å². The van der Waals surface area contributed by atoms with Crippen molar-refractivity contribution in [1.82, 2.24) is 9.88 Å². The fourth-order valence-electron chi connectivity index (χ4n) is 5.12. The lowest BCUT2D eigenvalue weighted by Gasteiger charge is -2.36. The molecule has 7 heteroatoms. The number of H-pyrrole nitrogens is 1. The Hall–Kier alpha value is -3.35. The molecule has 0 atom stereocenters. The third kappa shape index (κ3) is 4.84. The normalized spacial score (nSPS) is 15.9. The summed E-state index contributed by atoms with van der Waals surface area (Å²) in [6, 6.07) is 20.1. The Kier molecular flexibility index (Phi) is 6.62. The summed E-state index contributed by atoms with van der Waals surface area (Å²) in [5, 5.41) is 2.05. The van der Waals surface area contributed by atoms with Crippen LogP contribution in [-0.2, 0) is 6.42 Å². The van der Waals surface area contributed by atoms with Crippen LogP contribution < -0.4 is 19.1 Å². The van der Waals surface area contributed by atoms with Crippen molar-refractivity contribution in [2.24, 2.45) is 0 Å². The van der Waals surface area contributed by atoms with E-state index in [1.807, 2.05) is 42.5 Å². The minimum atomic E-state index is 0.533. The first-order valence-corrected chi connectivity index (χ1v) is 13.0. The van der Waals surface area contributed by atoms with E-state index < -0.39 is 0 Å². The molecule has 0 radical (unpaired) electrons. The number of piperazine rings is 1. The summed E-state index contributed by atoms with van der Waals surface area (Å²) in [5.74, 6) is 2.95. The maximum Gasteiger partial charge on any atom is 0.204 e. The molecule has 0 aliphatic carbocycles. The molecular formula is C29H30ClN3O3. The van der Waals surface area contributed by atoms with E-state index >= 15 is 0 Å². The molecule has 6 rings (SSSR count). The number of nitrogens with zero attached hydrogens (tertiary/aromatic N) is 2. The average Bonchev–Trinajstić information content (AvgIpc) is 3.31. The lowest BCUT2D eigenvalue weighted by Crippen LogP contribution is -2.46. The average molecular weight is 504 g/mol. The van der Waals surface area contributed by atoms with Gasteiger partial charge in [0.05, 0.1) is 5.69 Å². The number of aryl methyl sites for hydroxylation is 1. The number of ether oxygens (including phenoxy) is 3. The number of benzene rings is 3. The molecule has 3 aromatic carbocycles. The number of aromatic nitrogens is 1. The highest BCUT2D eigenvalue weighted by Crippen LogP contribution is 2.43. The van der Waals surface area contributed by atoms with Crippen molar-refractivity contribution in [2.75, 3.05) is 50.8 Å². The SMILES string of the molecule is Clc1ccc2c(CCCN3CCN(c4ccccc4Oc4cccc5c4OCCO5)CC3)c[nH]c2c1. The third-order valence-corrected chi connectivity index (χ3v) is 7.21. The molecule has 0 spiro atoms. The second kappa shape index (κ2) is 10.3. The van der Waals surface area contributed by atoms with Gasteiger partial charge in [-0.05, 0) is 61.3 Å². The van der Waals surface area contributed by atoms with Gasteiger partial charge in [-0.3, -0.25) is 4.90 Å². The van der Waals surface area contributed by atoms with Crippen LogP contribution >= 0.6 is 11.6 Å². The van der Waals surface area contributed by atoms with E-state index in [-0.39, 0.29) is 0 Å². The molecule has 36 heavy (non-hydrogen) atoms. The van der Waals surface area contributed by atoms with Gasteiger partial charge >= 0.3 is 0 Å². The number of nitrogens with one attached hydrogen (secondary N) is 1. The summed E-state index contributed by atoms with van der Waals surface area (Å²) in [4.78, 5) is 8.33. The molecule has 2 aliphatic heterocycles. The minimum Gasteiger partial charge on any atom is -0.486 e. The molecule has 1 aromatic heterocycles. The van der Waals surface area contributed by atoms with E-state index in [1.165, 1.54) is 10.9 Å². The van der Waals surface area contributed by atoms with Gasteiger partial charge in [0.15, 0.2) is 17.2 Å². The molecular weight excluding hydrogens is 474 g/mol. The number of hydrogen-bond acceptors (Lipinski definition) is 5. The molecule has 1 saturated heterocycles. The second-order valence-corrected chi connectivity index (χ2v) is 9.72. The standard InChI is InChI=1S/C29H30ClN3O3/c30-22-10-11-23-21(20-31-24(23)19-22)5-4-12-32-13-15-33(16-14-32)25-6-1-2-7-26(25)36-28-9-3-8-27-29(28)35-18-17-34-27/h1-3,6-11,19-20,31H,4-5,12-18H2. The maximum absolute atomic E-state index is 6.37. The molecule has 6 nitrogen and oxygen atoms in total. The Morgan fingerprint density at radius 3 is 2.64 bits per heavy atom. The van der Waals surface area contributed by atoms with Gasteiger partial charge in [-0.15, -0.1) is 0 Å². The molecule has 0 bridgehead atoms. The summed E-state index contributed by atoms with van der Waals surface area (Å²) >= 11 is 6.12. The fourth-order valence-corrected chi connectivity index (χ4v) is 5.29. The van der Waals surface area contributed by atoms with Crippen LogP contribution in [0.1, 0.15) is 12.0 Å². The predicted molar refractivity (Wildman–Crippen MR) is 144 cm³/mol. The Labute approximate surface area is 216 Å². The Bertz CT molecular complexity index is 1350. The van der Waals surface area contributed by atoms with Gasteiger partial charge in [0.2, 0.25) is 5.75 Å². The van der Waals surface area contributed by atoms with Gasteiger partial charge in [0, 0.05) is 48.3 Å². The number of halogens is 1. The molecule has 0 amide bonds. The van der Waals surface area contributed by atoms with Gasteiger partial charge in [0.25, 0.3) is 0 Å². The van der Waals surface area contributed by atoms with Crippen molar-refractivity contribution >= 4 is 28.2 Å². The van der Waals surface area contributed by atoms with Crippen molar-refractivity contribution in [2.45, 2.75) is 12.8 Å². The summed E-state index contributed by atoms with van der Waals surface area (Å²) in [6.45, 7) is 6.21. The molecule has 0 unspecified atom stereocenters. The van der Waals surface area contributed by atoms with E-state index in [0.717, 1.165) is 73.3 Å². The number of aromatic amines is 1. The van der Waals surface area contributed by atoms with Crippen molar-refractivity contribution in [3.8, 4) is 23.0 Å². The van der Waals surface area contributed by atoms with Gasteiger partial charge in [-0.1, -0.05) is 35.9 Å². The van der Waals surface area contributed by atoms with Gasteiger partial charge in [-0.25, -0.2) is 0 Å². The molecule has 1 N–H and O–H groups in total. The van der Waals surface area contributed by atoms with Crippen LogP contribution in [0.5, 0.6) is 23.0 Å². The molecule has 1 fully saturated rings. The Balaban J connectivity index is 1.06. The van der Waals surface area contributed by atoms with Gasteiger partial charge in [0.1, 0.15) is 13.2 Å². The Morgan fingerprint density at radius 2 is 1.72 bits per heavy atom. The fraction of sp³-hybridized carbons (Fsp3) is 0.310. The number of fused-ring (bicyclic) bond motifs is 2. The molecule has 2 aliphatic rings. The molecule has 4 aromatic rings. The lowest BCUT2D eigenvalue weighted by molar-refractivity contribution is 0.166.